The lowest BCUT2D eigenvalue weighted by Gasteiger charge is -2.26. The predicted molar refractivity (Wildman–Crippen MR) is 80.8 cm³/mol. The van der Waals surface area contributed by atoms with E-state index in [1.165, 1.54) is 6.07 Å². The highest BCUT2D eigenvalue weighted by atomic mass is 79.9. The molecule has 2 aromatic rings. The maximum atomic E-state index is 13.1. The van der Waals surface area contributed by atoms with Crippen molar-refractivity contribution in [2.24, 2.45) is 5.73 Å². The third-order valence-electron chi connectivity index (χ3n) is 3.04. The Labute approximate surface area is 125 Å². The largest absolute Gasteiger partial charge is 0.321 e. The van der Waals surface area contributed by atoms with Gasteiger partial charge < -0.3 is 5.73 Å². The maximum absolute atomic E-state index is 13.1. The van der Waals surface area contributed by atoms with Crippen molar-refractivity contribution in [3.63, 3.8) is 0 Å². The molecule has 2 rings (SSSR count). The Kier molecular flexibility index (Phi) is 4.29. The van der Waals surface area contributed by atoms with Gasteiger partial charge in [-0.25, -0.2) is 4.39 Å². The van der Waals surface area contributed by atoms with Crippen LogP contribution in [0, 0.1) is 5.82 Å². The molecule has 0 aliphatic carbocycles. The lowest BCUT2D eigenvalue weighted by atomic mass is 9.86. The van der Waals surface area contributed by atoms with E-state index in [2.05, 4.69) is 15.9 Å². The average Bonchev–Trinajstić information content (AvgIpc) is 2.34. The molecule has 0 aromatic heterocycles. The molecule has 0 bridgehead atoms. The van der Waals surface area contributed by atoms with Gasteiger partial charge in [-0.2, -0.15) is 0 Å². The minimum absolute atomic E-state index is 0.125. The summed E-state index contributed by atoms with van der Waals surface area (Å²) in [6, 6.07) is 12.5. The normalized spacial score (nSPS) is 14.2. The van der Waals surface area contributed by atoms with Crippen LogP contribution in [0.4, 0.5) is 4.39 Å². The zero-order chi connectivity index (χ0) is 14.0. The van der Waals surface area contributed by atoms with Crippen molar-refractivity contribution in [3.8, 4) is 0 Å². The van der Waals surface area contributed by atoms with Crippen LogP contribution in [0.1, 0.15) is 18.1 Å². The number of hydrogen-bond acceptors (Lipinski definition) is 1. The Bertz CT molecular complexity index is 598. The van der Waals surface area contributed by atoms with E-state index in [1.807, 2.05) is 31.2 Å². The molecule has 2 aromatic carbocycles. The van der Waals surface area contributed by atoms with E-state index in [-0.39, 0.29) is 5.02 Å². The molecule has 0 radical (unpaired) electrons. The van der Waals surface area contributed by atoms with E-state index in [0.717, 1.165) is 15.6 Å². The fourth-order valence-electron chi connectivity index (χ4n) is 2.09. The van der Waals surface area contributed by atoms with Gasteiger partial charge in [-0.15, -0.1) is 0 Å². The summed E-state index contributed by atoms with van der Waals surface area (Å²) in [7, 11) is 0. The Balaban J connectivity index is 2.31. The average molecular weight is 343 g/mol. The second kappa shape index (κ2) is 5.61. The summed E-state index contributed by atoms with van der Waals surface area (Å²) in [6.45, 7) is 1.95. The third-order valence-corrected chi connectivity index (χ3v) is 4.03. The van der Waals surface area contributed by atoms with Crippen molar-refractivity contribution in [3.05, 3.63) is 68.9 Å². The summed E-state index contributed by atoms with van der Waals surface area (Å²) < 4.78 is 14.1. The smallest absolute Gasteiger partial charge is 0.141 e. The molecule has 0 aliphatic rings. The quantitative estimate of drug-likeness (QED) is 0.862. The van der Waals surface area contributed by atoms with Crippen molar-refractivity contribution in [1.29, 1.82) is 0 Å². The van der Waals surface area contributed by atoms with Crippen LogP contribution in [0.5, 0.6) is 0 Å². The SMILES string of the molecule is CC(N)(Cc1ccc(F)c(Cl)c1)c1ccccc1Br. The van der Waals surface area contributed by atoms with Gasteiger partial charge in [-0.05, 0) is 42.7 Å². The molecule has 4 heteroatoms. The Morgan fingerprint density at radius 3 is 2.58 bits per heavy atom. The molecule has 0 heterocycles. The summed E-state index contributed by atoms with van der Waals surface area (Å²) in [4.78, 5) is 0. The van der Waals surface area contributed by atoms with Gasteiger partial charge in [-0.1, -0.05) is 51.8 Å². The zero-order valence-corrected chi connectivity index (χ0v) is 12.8. The first-order chi connectivity index (χ1) is 8.90. The van der Waals surface area contributed by atoms with Crippen molar-refractivity contribution in [2.75, 3.05) is 0 Å². The predicted octanol–water partition coefficient (Wildman–Crippen LogP) is 4.66. The van der Waals surface area contributed by atoms with Crippen molar-refractivity contribution in [1.82, 2.24) is 0 Å². The van der Waals surface area contributed by atoms with E-state index in [1.54, 1.807) is 12.1 Å². The minimum atomic E-state index is -0.554. The van der Waals surface area contributed by atoms with Crippen LogP contribution >= 0.6 is 27.5 Å². The fourth-order valence-corrected chi connectivity index (χ4v) is 3.03. The fraction of sp³-hybridized carbons (Fsp3) is 0.200. The van der Waals surface area contributed by atoms with E-state index in [9.17, 15) is 4.39 Å². The topological polar surface area (TPSA) is 26.0 Å². The van der Waals surface area contributed by atoms with E-state index in [0.29, 0.717) is 6.42 Å². The molecule has 1 atom stereocenters. The van der Waals surface area contributed by atoms with Crippen LogP contribution < -0.4 is 5.73 Å². The lowest BCUT2D eigenvalue weighted by molar-refractivity contribution is 0.488. The van der Waals surface area contributed by atoms with Gasteiger partial charge in [0.25, 0.3) is 0 Å². The standard InChI is InChI=1S/C15H14BrClFN/c1-15(19,11-4-2-3-5-12(11)16)9-10-6-7-14(18)13(17)8-10/h2-8H,9,19H2,1H3. The highest BCUT2D eigenvalue weighted by Gasteiger charge is 2.24. The molecule has 100 valence electrons. The monoisotopic (exact) mass is 341 g/mol. The molecule has 2 N–H and O–H groups in total. The molecular weight excluding hydrogens is 329 g/mol. The van der Waals surface area contributed by atoms with Gasteiger partial charge >= 0.3 is 0 Å². The molecule has 1 nitrogen and oxygen atoms in total. The van der Waals surface area contributed by atoms with Gasteiger partial charge in [0.2, 0.25) is 0 Å². The summed E-state index contributed by atoms with van der Waals surface area (Å²) in [5.41, 5.74) is 7.76. The number of benzene rings is 2. The molecular formula is C15H14BrClFN. The van der Waals surface area contributed by atoms with Gasteiger partial charge in [-0.3, -0.25) is 0 Å². The summed E-state index contributed by atoms with van der Waals surface area (Å²) in [6.07, 6.45) is 0.579. The van der Waals surface area contributed by atoms with Crippen LogP contribution in [-0.2, 0) is 12.0 Å². The first-order valence-electron chi connectivity index (χ1n) is 5.88. The number of hydrogen-bond donors (Lipinski definition) is 1. The van der Waals surface area contributed by atoms with Gasteiger partial charge in [0.1, 0.15) is 5.82 Å². The molecule has 0 saturated carbocycles. The maximum Gasteiger partial charge on any atom is 0.141 e. The van der Waals surface area contributed by atoms with E-state index < -0.39 is 11.4 Å². The van der Waals surface area contributed by atoms with Gasteiger partial charge in [0.15, 0.2) is 0 Å². The third kappa shape index (κ3) is 3.35. The van der Waals surface area contributed by atoms with Crippen molar-refractivity contribution in [2.45, 2.75) is 18.9 Å². The van der Waals surface area contributed by atoms with Crippen LogP contribution in [0.25, 0.3) is 0 Å². The molecule has 19 heavy (non-hydrogen) atoms. The first-order valence-corrected chi connectivity index (χ1v) is 7.05. The van der Waals surface area contributed by atoms with Gasteiger partial charge in [0, 0.05) is 10.0 Å². The van der Waals surface area contributed by atoms with Gasteiger partial charge in [0.05, 0.1) is 5.02 Å². The molecule has 0 saturated heterocycles. The van der Waals surface area contributed by atoms with Crippen LogP contribution in [0.15, 0.2) is 46.9 Å². The Morgan fingerprint density at radius 2 is 1.95 bits per heavy atom. The number of nitrogens with two attached hydrogens (primary N) is 1. The van der Waals surface area contributed by atoms with Crippen molar-refractivity contribution < 1.29 is 4.39 Å². The van der Waals surface area contributed by atoms with E-state index in [4.69, 9.17) is 17.3 Å². The lowest BCUT2D eigenvalue weighted by Crippen LogP contribution is -2.35. The number of rotatable bonds is 3. The molecule has 0 spiro atoms. The Morgan fingerprint density at radius 1 is 1.26 bits per heavy atom. The first kappa shape index (κ1) is 14.5. The molecule has 0 aliphatic heterocycles. The van der Waals surface area contributed by atoms with Crippen LogP contribution in [0.2, 0.25) is 5.02 Å². The van der Waals surface area contributed by atoms with Crippen LogP contribution in [-0.4, -0.2) is 0 Å². The second-order valence-corrected chi connectivity index (χ2v) is 6.08. The molecule has 0 amide bonds. The summed E-state index contributed by atoms with van der Waals surface area (Å²) in [5, 5.41) is 0.125. The zero-order valence-electron chi connectivity index (χ0n) is 10.5. The highest BCUT2D eigenvalue weighted by Crippen LogP contribution is 2.30. The minimum Gasteiger partial charge on any atom is -0.321 e. The van der Waals surface area contributed by atoms with E-state index >= 15 is 0 Å². The molecule has 0 fully saturated rings. The number of halogens is 3. The summed E-state index contributed by atoms with van der Waals surface area (Å²) >= 11 is 9.30. The highest BCUT2D eigenvalue weighted by molar-refractivity contribution is 9.10. The van der Waals surface area contributed by atoms with Crippen molar-refractivity contribution >= 4 is 27.5 Å². The molecule has 1 unspecified atom stereocenters. The van der Waals surface area contributed by atoms with Crippen LogP contribution in [0.3, 0.4) is 0 Å². The summed E-state index contributed by atoms with van der Waals surface area (Å²) in [5.74, 6) is -0.412. The second-order valence-electron chi connectivity index (χ2n) is 4.82. The Hall–Kier alpha value is -0.900.